The van der Waals surface area contributed by atoms with Crippen molar-refractivity contribution in [2.24, 2.45) is 5.92 Å². The number of halogens is 2. The van der Waals surface area contributed by atoms with Crippen molar-refractivity contribution < 1.29 is 13.9 Å². The monoisotopic (exact) mass is 179 g/mol. The number of hydrogen-bond acceptors (Lipinski definition) is 2. The summed E-state index contributed by atoms with van der Waals surface area (Å²) in [6.07, 6.45) is -0.749. The molecule has 0 aromatic heterocycles. The number of likely N-dealkylation sites (tertiary alicyclic amines) is 1. The van der Waals surface area contributed by atoms with E-state index in [4.69, 9.17) is 5.11 Å². The van der Waals surface area contributed by atoms with Crippen LogP contribution in [-0.2, 0) is 0 Å². The van der Waals surface area contributed by atoms with Crippen molar-refractivity contribution in [1.82, 2.24) is 4.90 Å². The number of aliphatic hydroxyl groups excluding tert-OH is 1. The van der Waals surface area contributed by atoms with Crippen LogP contribution in [-0.4, -0.2) is 42.7 Å². The zero-order valence-electron chi connectivity index (χ0n) is 7.05. The summed E-state index contributed by atoms with van der Waals surface area (Å²) in [6.45, 7) is 1.89. The maximum Gasteiger partial charge on any atom is 0.242 e. The highest BCUT2D eigenvalue weighted by Crippen LogP contribution is 2.21. The molecule has 0 radical (unpaired) electrons. The molecule has 0 aromatic rings. The molecule has 0 aliphatic carbocycles. The van der Waals surface area contributed by atoms with Crippen LogP contribution in [0.3, 0.4) is 0 Å². The van der Waals surface area contributed by atoms with E-state index < -0.39 is 12.3 Å². The minimum absolute atomic E-state index is 0.0654. The Bertz CT molecular complexity index is 130. The Hall–Kier alpha value is -0.220. The van der Waals surface area contributed by atoms with Gasteiger partial charge in [-0.15, -0.1) is 0 Å². The van der Waals surface area contributed by atoms with Gasteiger partial charge < -0.3 is 10.0 Å². The van der Waals surface area contributed by atoms with Gasteiger partial charge in [-0.3, -0.25) is 0 Å². The van der Waals surface area contributed by atoms with Crippen LogP contribution in [0.2, 0.25) is 0 Å². The van der Waals surface area contributed by atoms with Gasteiger partial charge in [-0.25, -0.2) is 8.78 Å². The highest BCUT2D eigenvalue weighted by molar-refractivity contribution is 4.74. The average Bonchev–Trinajstić information content (AvgIpc) is 2.05. The number of rotatable bonds is 3. The van der Waals surface area contributed by atoms with Crippen molar-refractivity contribution >= 4 is 0 Å². The lowest BCUT2D eigenvalue weighted by atomic mass is 9.99. The van der Waals surface area contributed by atoms with Gasteiger partial charge >= 0.3 is 0 Å². The minimum atomic E-state index is -2.20. The molecule has 1 N–H and O–H groups in total. The van der Waals surface area contributed by atoms with Crippen LogP contribution in [0.25, 0.3) is 0 Å². The van der Waals surface area contributed by atoms with E-state index in [1.54, 1.807) is 0 Å². The highest BCUT2D eigenvalue weighted by Gasteiger charge is 2.26. The summed E-state index contributed by atoms with van der Waals surface area (Å²) in [6, 6.07) is 0. The fraction of sp³-hybridized carbons (Fsp3) is 1.00. The normalized spacial score (nSPS) is 26.5. The molecule has 0 saturated carbocycles. The van der Waals surface area contributed by atoms with Crippen molar-refractivity contribution in [3.63, 3.8) is 0 Å². The van der Waals surface area contributed by atoms with Crippen molar-refractivity contribution in [3.05, 3.63) is 0 Å². The first-order valence-corrected chi connectivity index (χ1v) is 4.35. The summed E-state index contributed by atoms with van der Waals surface area (Å²) in [5, 5.41) is 8.61. The largest absolute Gasteiger partial charge is 0.395 e. The van der Waals surface area contributed by atoms with Gasteiger partial charge in [-0.1, -0.05) is 0 Å². The predicted octanol–water partition coefficient (Wildman–Crippen LogP) is 0.956. The van der Waals surface area contributed by atoms with Gasteiger partial charge in [0, 0.05) is 19.0 Å². The number of alkyl halides is 2. The third kappa shape index (κ3) is 2.68. The molecule has 1 aliphatic rings. The summed E-state index contributed by atoms with van der Waals surface area (Å²) in [4.78, 5) is 1.90. The van der Waals surface area contributed by atoms with E-state index in [9.17, 15) is 8.78 Å². The first kappa shape index (κ1) is 9.86. The van der Waals surface area contributed by atoms with E-state index in [0.29, 0.717) is 19.5 Å². The van der Waals surface area contributed by atoms with E-state index in [1.165, 1.54) is 0 Å². The van der Waals surface area contributed by atoms with Crippen LogP contribution in [0.15, 0.2) is 0 Å². The quantitative estimate of drug-likeness (QED) is 0.697. The molecule has 1 fully saturated rings. The molecule has 1 aliphatic heterocycles. The Morgan fingerprint density at radius 2 is 2.25 bits per heavy atom. The molecular formula is C8H15F2NO. The third-order valence-corrected chi connectivity index (χ3v) is 2.31. The van der Waals surface area contributed by atoms with E-state index in [-0.39, 0.29) is 6.61 Å². The van der Waals surface area contributed by atoms with Crippen molar-refractivity contribution in [2.75, 3.05) is 26.2 Å². The van der Waals surface area contributed by atoms with E-state index in [2.05, 4.69) is 0 Å². The van der Waals surface area contributed by atoms with Crippen molar-refractivity contribution in [3.8, 4) is 0 Å². The SMILES string of the molecule is OCCN1CCC[C@H](C(F)F)C1. The number of nitrogens with zero attached hydrogens (tertiary/aromatic N) is 1. The molecule has 2 nitrogen and oxygen atoms in total. The minimum Gasteiger partial charge on any atom is -0.395 e. The Labute approximate surface area is 71.2 Å². The molecule has 1 atom stereocenters. The van der Waals surface area contributed by atoms with E-state index >= 15 is 0 Å². The average molecular weight is 179 g/mol. The maximum atomic E-state index is 12.2. The van der Waals surface area contributed by atoms with Crippen molar-refractivity contribution in [2.45, 2.75) is 19.3 Å². The molecule has 0 aromatic carbocycles. The lowest BCUT2D eigenvalue weighted by Crippen LogP contribution is -2.39. The van der Waals surface area contributed by atoms with E-state index in [0.717, 1.165) is 13.0 Å². The Morgan fingerprint density at radius 3 is 2.83 bits per heavy atom. The lowest BCUT2D eigenvalue weighted by Gasteiger charge is -2.31. The fourth-order valence-electron chi connectivity index (χ4n) is 1.64. The number of β-amino-alcohol motifs (C(OH)–C–C–N with tert-alkyl or cyclic N) is 1. The van der Waals surface area contributed by atoms with Crippen LogP contribution in [0.1, 0.15) is 12.8 Å². The molecule has 0 amide bonds. The zero-order chi connectivity index (χ0) is 8.97. The Morgan fingerprint density at radius 1 is 1.50 bits per heavy atom. The van der Waals surface area contributed by atoms with Crippen molar-refractivity contribution in [1.29, 1.82) is 0 Å². The molecule has 0 bridgehead atoms. The molecule has 12 heavy (non-hydrogen) atoms. The van der Waals surface area contributed by atoms with E-state index in [1.807, 2.05) is 4.90 Å². The van der Waals surface area contributed by atoms with Crippen LogP contribution >= 0.6 is 0 Å². The van der Waals surface area contributed by atoms with Gasteiger partial charge in [0.05, 0.1) is 6.61 Å². The number of aliphatic hydroxyl groups is 1. The first-order valence-electron chi connectivity index (χ1n) is 4.35. The Balaban J connectivity index is 2.30. The summed E-state index contributed by atoms with van der Waals surface area (Å²) >= 11 is 0. The van der Waals surface area contributed by atoms with Gasteiger partial charge in [-0.2, -0.15) is 0 Å². The van der Waals surface area contributed by atoms with Crippen LogP contribution < -0.4 is 0 Å². The second-order valence-electron chi connectivity index (χ2n) is 3.26. The second-order valence-corrected chi connectivity index (χ2v) is 3.26. The molecule has 1 heterocycles. The molecule has 72 valence electrons. The lowest BCUT2D eigenvalue weighted by molar-refractivity contribution is 0.0232. The Kier molecular flexibility index (Phi) is 3.88. The summed E-state index contributed by atoms with van der Waals surface area (Å²) in [5.74, 6) is -0.481. The zero-order valence-corrected chi connectivity index (χ0v) is 7.05. The maximum absolute atomic E-state index is 12.2. The van der Waals surface area contributed by atoms with Gasteiger partial charge in [-0.05, 0) is 19.4 Å². The molecular weight excluding hydrogens is 164 g/mol. The predicted molar refractivity (Wildman–Crippen MR) is 42.3 cm³/mol. The van der Waals surface area contributed by atoms with Gasteiger partial charge in [0.1, 0.15) is 0 Å². The first-order chi connectivity index (χ1) is 5.74. The summed E-state index contributed by atoms with van der Waals surface area (Å²) < 4.78 is 24.5. The van der Waals surface area contributed by atoms with Crippen LogP contribution in [0.4, 0.5) is 8.78 Å². The summed E-state index contributed by atoms with van der Waals surface area (Å²) in [5.41, 5.74) is 0. The fourth-order valence-corrected chi connectivity index (χ4v) is 1.64. The second kappa shape index (κ2) is 4.72. The van der Waals surface area contributed by atoms with Crippen LogP contribution in [0.5, 0.6) is 0 Å². The smallest absolute Gasteiger partial charge is 0.242 e. The van der Waals surface area contributed by atoms with Crippen LogP contribution in [0, 0.1) is 5.92 Å². The standard InChI is InChI=1S/C8H15F2NO/c9-8(10)7-2-1-3-11(6-7)4-5-12/h7-8,12H,1-6H2/t7-/m0/s1. The van der Waals surface area contributed by atoms with Gasteiger partial charge in [0.25, 0.3) is 0 Å². The van der Waals surface area contributed by atoms with Gasteiger partial charge in [0.15, 0.2) is 0 Å². The number of hydrogen-bond donors (Lipinski definition) is 1. The topological polar surface area (TPSA) is 23.5 Å². The molecule has 0 unspecified atom stereocenters. The number of piperidine rings is 1. The summed E-state index contributed by atoms with van der Waals surface area (Å²) in [7, 11) is 0. The van der Waals surface area contributed by atoms with Gasteiger partial charge in [0.2, 0.25) is 6.43 Å². The third-order valence-electron chi connectivity index (χ3n) is 2.31. The molecule has 0 spiro atoms. The molecule has 4 heteroatoms. The molecule has 1 rings (SSSR count). The molecule has 1 saturated heterocycles. The highest BCUT2D eigenvalue weighted by atomic mass is 19.3.